The highest BCUT2D eigenvalue weighted by molar-refractivity contribution is 5.42. The molecule has 0 aliphatic rings. The summed E-state index contributed by atoms with van der Waals surface area (Å²) in [6.45, 7) is 2.49. The minimum Gasteiger partial charge on any atom is -0.465 e. The van der Waals surface area contributed by atoms with Crippen molar-refractivity contribution in [2.75, 3.05) is 6.54 Å². The molecule has 1 heterocycles. The molecule has 2 unspecified atom stereocenters. The molecule has 1 aromatic heterocycles. The van der Waals surface area contributed by atoms with Crippen LogP contribution < -0.4 is 5.32 Å². The average molecular weight is 275 g/mol. The van der Waals surface area contributed by atoms with Gasteiger partial charge in [-0.1, -0.05) is 18.2 Å². The summed E-state index contributed by atoms with van der Waals surface area (Å²) in [4.78, 5) is 0. The molecular formula is C16H18FNO2. The highest BCUT2D eigenvalue weighted by Gasteiger charge is 2.15. The molecular weight excluding hydrogens is 257 g/mol. The zero-order valence-electron chi connectivity index (χ0n) is 11.3. The summed E-state index contributed by atoms with van der Waals surface area (Å²) < 4.78 is 18.0. The quantitative estimate of drug-likeness (QED) is 0.851. The lowest BCUT2D eigenvalue weighted by Gasteiger charge is -2.19. The molecule has 0 spiro atoms. The van der Waals surface area contributed by atoms with Crippen molar-refractivity contribution < 1.29 is 13.9 Å². The fraction of sp³-hybridized carbons (Fsp3) is 0.250. The van der Waals surface area contributed by atoms with Gasteiger partial charge < -0.3 is 14.8 Å². The molecule has 106 valence electrons. The van der Waals surface area contributed by atoms with E-state index in [1.165, 1.54) is 12.1 Å². The summed E-state index contributed by atoms with van der Waals surface area (Å²) in [5.74, 6) is 0.487. The van der Waals surface area contributed by atoms with Gasteiger partial charge in [-0.25, -0.2) is 4.39 Å². The number of nitrogens with one attached hydrogen (secondary N) is 1. The van der Waals surface area contributed by atoms with Gasteiger partial charge in [0, 0.05) is 12.6 Å². The second kappa shape index (κ2) is 7.03. The van der Waals surface area contributed by atoms with Gasteiger partial charge in [-0.2, -0.15) is 0 Å². The van der Waals surface area contributed by atoms with E-state index in [-0.39, 0.29) is 11.9 Å². The number of halogens is 1. The van der Waals surface area contributed by atoms with Gasteiger partial charge in [-0.05, 0) is 42.8 Å². The van der Waals surface area contributed by atoms with Crippen molar-refractivity contribution in [2.45, 2.75) is 19.1 Å². The van der Waals surface area contributed by atoms with E-state index in [9.17, 15) is 9.50 Å². The largest absolute Gasteiger partial charge is 0.465 e. The molecule has 2 aromatic rings. The van der Waals surface area contributed by atoms with E-state index in [1.807, 2.05) is 31.2 Å². The Hall–Kier alpha value is -1.91. The van der Waals surface area contributed by atoms with Gasteiger partial charge in [0.15, 0.2) is 0 Å². The van der Waals surface area contributed by atoms with Gasteiger partial charge in [0.1, 0.15) is 11.6 Å². The number of hydrogen-bond donors (Lipinski definition) is 2. The number of hydrogen-bond acceptors (Lipinski definition) is 3. The van der Waals surface area contributed by atoms with Crippen molar-refractivity contribution in [3.8, 4) is 0 Å². The van der Waals surface area contributed by atoms with Crippen LogP contribution in [0, 0.1) is 5.82 Å². The maximum absolute atomic E-state index is 12.8. The van der Waals surface area contributed by atoms with Crippen LogP contribution in [0.15, 0.2) is 53.2 Å². The number of furan rings is 1. The van der Waals surface area contributed by atoms with Crippen LogP contribution in [0.25, 0.3) is 6.08 Å². The van der Waals surface area contributed by atoms with Crippen LogP contribution in [0.4, 0.5) is 4.39 Å². The molecule has 0 aliphatic carbocycles. The molecule has 0 bridgehead atoms. The van der Waals surface area contributed by atoms with Crippen molar-refractivity contribution in [1.29, 1.82) is 0 Å². The van der Waals surface area contributed by atoms with Crippen molar-refractivity contribution in [3.05, 3.63) is 65.9 Å². The zero-order valence-corrected chi connectivity index (χ0v) is 11.3. The fourth-order valence-electron chi connectivity index (χ4n) is 1.88. The van der Waals surface area contributed by atoms with Gasteiger partial charge in [0.05, 0.1) is 12.4 Å². The normalized spacial score (nSPS) is 14.6. The summed E-state index contributed by atoms with van der Waals surface area (Å²) in [7, 11) is 0. The Morgan fingerprint density at radius 2 is 2.05 bits per heavy atom. The topological polar surface area (TPSA) is 45.4 Å². The number of benzene rings is 1. The minimum absolute atomic E-state index is 0.137. The molecule has 4 heteroatoms. The molecule has 0 aliphatic heterocycles. The molecule has 1 aromatic carbocycles. The van der Waals surface area contributed by atoms with Crippen LogP contribution in [-0.4, -0.2) is 17.7 Å². The number of aliphatic hydroxyl groups is 1. The van der Waals surface area contributed by atoms with Crippen molar-refractivity contribution >= 4 is 6.08 Å². The van der Waals surface area contributed by atoms with E-state index in [1.54, 1.807) is 18.4 Å². The van der Waals surface area contributed by atoms with E-state index in [0.29, 0.717) is 12.1 Å². The smallest absolute Gasteiger partial charge is 0.126 e. The summed E-state index contributed by atoms with van der Waals surface area (Å²) in [6.07, 6.45) is 4.73. The highest BCUT2D eigenvalue weighted by atomic mass is 19.1. The first kappa shape index (κ1) is 14.5. The van der Waals surface area contributed by atoms with Crippen LogP contribution in [-0.2, 0) is 0 Å². The zero-order chi connectivity index (χ0) is 14.4. The van der Waals surface area contributed by atoms with Crippen LogP contribution in [0.2, 0.25) is 0 Å². The molecule has 2 rings (SSSR count). The first-order valence-electron chi connectivity index (χ1n) is 6.54. The summed E-state index contributed by atoms with van der Waals surface area (Å²) in [6, 6.07) is 9.45. The van der Waals surface area contributed by atoms with Crippen molar-refractivity contribution in [2.24, 2.45) is 0 Å². The third kappa shape index (κ3) is 4.05. The van der Waals surface area contributed by atoms with Crippen LogP contribution >= 0.6 is 0 Å². The van der Waals surface area contributed by atoms with E-state index < -0.39 is 6.10 Å². The van der Waals surface area contributed by atoms with Crippen LogP contribution in [0.3, 0.4) is 0 Å². The Morgan fingerprint density at radius 3 is 2.70 bits per heavy atom. The summed E-state index contributed by atoms with van der Waals surface area (Å²) in [5, 5.41) is 13.3. The first-order chi connectivity index (χ1) is 9.66. The fourth-order valence-corrected chi connectivity index (χ4v) is 1.88. The van der Waals surface area contributed by atoms with E-state index in [2.05, 4.69) is 5.32 Å². The van der Waals surface area contributed by atoms with Gasteiger partial charge >= 0.3 is 0 Å². The maximum Gasteiger partial charge on any atom is 0.126 e. The Labute approximate surface area is 117 Å². The minimum atomic E-state index is -0.674. The molecule has 2 atom stereocenters. The number of aliphatic hydroxyl groups excluding tert-OH is 1. The Kier molecular flexibility index (Phi) is 5.09. The van der Waals surface area contributed by atoms with Gasteiger partial charge in [0.25, 0.3) is 0 Å². The second-order valence-corrected chi connectivity index (χ2v) is 4.61. The molecule has 0 radical (unpaired) electrons. The lowest BCUT2D eigenvalue weighted by molar-refractivity contribution is 0.138. The maximum atomic E-state index is 12.8. The lowest BCUT2D eigenvalue weighted by atomic mass is 10.0. The standard InChI is InChI=1S/C16H18FNO2/c1-12(16(19)13-6-8-14(17)9-7-13)18-10-2-4-15-5-3-11-20-15/h2-9,11-12,16,18-19H,10H2,1H3/b4-2+. The van der Waals surface area contributed by atoms with Crippen LogP contribution in [0.1, 0.15) is 24.4 Å². The summed E-state index contributed by atoms with van der Waals surface area (Å²) in [5.41, 5.74) is 0.696. The van der Waals surface area contributed by atoms with Crippen molar-refractivity contribution in [3.63, 3.8) is 0 Å². The molecule has 0 amide bonds. The van der Waals surface area contributed by atoms with Gasteiger partial charge in [-0.3, -0.25) is 0 Å². The average Bonchev–Trinajstić information content (AvgIpc) is 2.96. The third-order valence-electron chi connectivity index (χ3n) is 3.07. The molecule has 20 heavy (non-hydrogen) atoms. The number of rotatable bonds is 6. The third-order valence-corrected chi connectivity index (χ3v) is 3.07. The van der Waals surface area contributed by atoms with Crippen molar-refractivity contribution in [1.82, 2.24) is 5.32 Å². The molecule has 2 N–H and O–H groups in total. The van der Waals surface area contributed by atoms with E-state index in [4.69, 9.17) is 4.42 Å². The van der Waals surface area contributed by atoms with Gasteiger partial charge in [-0.15, -0.1) is 0 Å². The lowest BCUT2D eigenvalue weighted by Crippen LogP contribution is -2.32. The second-order valence-electron chi connectivity index (χ2n) is 4.61. The Balaban J connectivity index is 1.82. The van der Waals surface area contributed by atoms with E-state index in [0.717, 1.165) is 5.76 Å². The van der Waals surface area contributed by atoms with Crippen LogP contribution in [0.5, 0.6) is 0 Å². The Bertz CT molecular complexity index is 534. The molecule has 3 nitrogen and oxygen atoms in total. The Morgan fingerprint density at radius 1 is 1.30 bits per heavy atom. The monoisotopic (exact) mass is 275 g/mol. The molecule has 0 saturated carbocycles. The SMILES string of the molecule is CC(NC/C=C/c1ccco1)C(O)c1ccc(F)cc1. The van der Waals surface area contributed by atoms with E-state index >= 15 is 0 Å². The highest BCUT2D eigenvalue weighted by Crippen LogP contribution is 2.16. The first-order valence-corrected chi connectivity index (χ1v) is 6.54. The summed E-state index contributed by atoms with van der Waals surface area (Å²) >= 11 is 0. The van der Waals surface area contributed by atoms with Gasteiger partial charge in [0.2, 0.25) is 0 Å². The molecule has 0 fully saturated rings. The predicted molar refractivity (Wildman–Crippen MR) is 76.6 cm³/mol. The predicted octanol–water partition coefficient (Wildman–Crippen LogP) is 3.14. The molecule has 0 saturated heterocycles.